The lowest BCUT2D eigenvalue weighted by atomic mass is 10.1. The first kappa shape index (κ1) is 18.3. The van der Waals surface area contributed by atoms with Gasteiger partial charge in [0.2, 0.25) is 0 Å². The van der Waals surface area contributed by atoms with Gasteiger partial charge in [-0.1, -0.05) is 23.8 Å². The molecule has 3 aromatic rings. The lowest BCUT2D eigenvalue weighted by molar-refractivity contribution is 0.0949. The number of pyridine rings is 1. The number of benzene rings is 2. The Hall–Kier alpha value is -3.47. The van der Waals surface area contributed by atoms with Crippen molar-refractivity contribution in [3.63, 3.8) is 0 Å². The van der Waals surface area contributed by atoms with Crippen molar-refractivity contribution >= 4 is 17.5 Å². The van der Waals surface area contributed by atoms with E-state index in [2.05, 4.69) is 15.6 Å². The predicted molar refractivity (Wildman–Crippen MR) is 106 cm³/mol. The second-order valence-electron chi connectivity index (χ2n) is 6.39. The van der Waals surface area contributed by atoms with Gasteiger partial charge in [-0.25, -0.2) is 0 Å². The molecule has 0 spiro atoms. The highest BCUT2D eigenvalue weighted by Crippen LogP contribution is 2.17. The first-order chi connectivity index (χ1) is 13.0. The van der Waals surface area contributed by atoms with Gasteiger partial charge in [-0.2, -0.15) is 0 Å². The Bertz CT molecular complexity index is 951. The number of hydrogen-bond donors (Lipinski definition) is 2. The van der Waals surface area contributed by atoms with E-state index in [9.17, 15) is 9.59 Å². The van der Waals surface area contributed by atoms with E-state index in [4.69, 9.17) is 0 Å². The minimum atomic E-state index is -0.204. The summed E-state index contributed by atoms with van der Waals surface area (Å²) >= 11 is 0. The molecule has 0 aliphatic heterocycles. The molecule has 3 rings (SSSR count). The van der Waals surface area contributed by atoms with Crippen LogP contribution in [-0.4, -0.2) is 16.8 Å². The number of hydrogen-bond acceptors (Lipinski definition) is 3. The van der Waals surface area contributed by atoms with E-state index in [0.29, 0.717) is 17.7 Å². The average Bonchev–Trinajstić information content (AvgIpc) is 2.69. The van der Waals surface area contributed by atoms with Crippen LogP contribution in [0, 0.1) is 13.8 Å². The van der Waals surface area contributed by atoms with Crippen LogP contribution < -0.4 is 10.6 Å². The first-order valence-electron chi connectivity index (χ1n) is 8.69. The Kier molecular flexibility index (Phi) is 5.61. The molecule has 0 fully saturated rings. The van der Waals surface area contributed by atoms with Crippen LogP contribution in [0.25, 0.3) is 0 Å². The molecule has 2 amide bonds. The topological polar surface area (TPSA) is 71.1 Å². The van der Waals surface area contributed by atoms with Crippen molar-refractivity contribution in [3.8, 4) is 0 Å². The molecule has 0 saturated carbocycles. The zero-order chi connectivity index (χ0) is 19.2. The summed E-state index contributed by atoms with van der Waals surface area (Å²) in [5.41, 5.74) is 4.86. The lowest BCUT2D eigenvalue weighted by Crippen LogP contribution is -2.23. The maximum Gasteiger partial charge on any atom is 0.255 e. The molecular weight excluding hydrogens is 338 g/mol. The van der Waals surface area contributed by atoms with Gasteiger partial charge >= 0.3 is 0 Å². The molecule has 2 N–H and O–H groups in total. The van der Waals surface area contributed by atoms with Crippen LogP contribution in [0.15, 0.2) is 67.0 Å². The molecular formula is C22H21N3O2. The minimum absolute atomic E-state index is 0.194. The summed E-state index contributed by atoms with van der Waals surface area (Å²) < 4.78 is 0. The lowest BCUT2D eigenvalue weighted by Gasteiger charge is -2.10. The Morgan fingerprint density at radius 2 is 1.63 bits per heavy atom. The summed E-state index contributed by atoms with van der Waals surface area (Å²) in [6.45, 7) is 4.37. The third-order valence-corrected chi connectivity index (χ3v) is 4.22. The van der Waals surface area contributed by atoms with Crippen LogP contribution in [0.2, 0.25) is 0 Å². The number of carbonyl (C=O) groups excluding carboxylic acids is 2. The molecule has 0 saturated heterocycles. The highest BCUT2D eigenvalue weighted by Gasteiger charge is 2.10. The second kappa shape index (κ2) is 8.27. The fraction of sp³-hybridized carbons (Fsp3) is 0.136. The number of carbonyl (C=O) groups is 2. The van der Waals surface area contributed by atoms with Gasteiger partial charge in [-0.05, 0) is 61.4 Å². The van der Waals surface area contributed by atoms with E-state index in [1.807, 2.05) is 44.2 Å². The molecule has 5 nitrogen and oxygen atoms in total. The van der Waals surface area contributed by atoms with Crippen LogP contribution in [0.1, 0.15) is 37.4 Å². The van der Waals surface area contributed by atoms with Crippen LogP contribution in [0.3, 0.4) is 0 Å². The van der Waals surface area contributed by atoms with Gasteiger partial charge in [0.05, 0.1) is 0 Å². The number of rotatable bonds is 5. The van der Waals surface area contributed by atoms with Gasteiger partial charge in [0.15, 0.2) is 0 Å². The normalized spacial score (nSPS) is 10.3. The summed E-state index contributed by atoms with van der Waals surface area (Å²) in [5.74, 6) is -0.399. The van der Waals surface area contributed by atoms with Gasteiger partial charge in [-0.3, -0.25) is 14.6 Å². The highest BCUT2D eigenvalue weighted by atomic mass is 16.2. The maximum absolute atomic E-state index is 12.4. The minimum Gasteiger partial charge on any atom is -0.348 e. The van der Waals surface area contributed by atoms with E-state index >= 15 is 0 Å². The quantitative estimate of drug-likeness (QED) is 0.726. The largest absolute Gasteiger partial charge is 0.348 e. The molecule has 136 valence electrons. The fourth-order valence-corrected chi connectivity index (χ4v) is 2.71. The van der Waals surface area contributed by atoms with Crippen LogP contribution in [0.4, 0.5) is 5.69 Å². The molecule has 0 atom stereocenters. The van der Waals surface area contributed by atoms with E-state index in [0.717, 1.165) is 22.4 Å². The Labute approximate surface area is 158 Å². The van der Waals surface area contributed by atoms with Gasteiger partial charge in [0.1, 0.15) is 0 Å². The second-order valence-corrected chi connectivity index (χ2v) is 6.39. The number of nitrogens with zero attached hydrogens (tertiary/aromatic N) is 1. The smallest absolute Gasteiger partial charge is 0.255 e. The molecule has 0 aliphatic carbocycles. The van der Waals surface area contributed by atoms with Crippen LogP contribution in [0.5, 0.6) is 0 Å². The first-order valence-corrected chi connectivity index (χ1v) is 8.69. The summed E-state index contributed by atoms with van der Waals surface area (Å²) in [5, 5.41) is 5.74. The Morgan fingerprint density at radius 3 is 2.26 bits per heavy atom. The third-order valence-electron chi connectivity index (χ3n) is 4.22. The van der Waals surface area contributed by atoms with E-state index in [1.54, 1.807) is 36.7 Å². The predicted octanol–water partition coefficient (Wildman–Crippen LogP) is 3.88. The van der Waals surface area contributed by atoms with Gasteiger partial charge < -0.3 is 10.6 Å². The average molecular weight is 359 g/mol. The molecule has 2 aromatic carbocycles. The van der Waals surface area contributed by atoms with Crippen molar-refractivity contribution in [2.24, 2.45) is 0 Å². The van der Waals surface area contributed by atoms with Crippen molar-refractivity contribution in [2.75, 3.05) is 5.32 Å². The molecule has 5 heteroatoms. The SMILES string of the molecule is Cc1ccc(NC(=O)c2ccc(C(=O)NCc3cccnc3)cc2)c(C)c1. The molecule has 1 heterocycles. The number of anilines is 1. The third kappa shape index (κ3) is 4.79. The van der Waals surface area contributed by atoms with E-state index in [1.165, 1.54) is 0 Å². The molecule has 0 aliphatic rings. The van der Waals surface area contributed by atoms with Crippen molar-refractivity contribution in [1.82, 2.24) is 10.3 Å². The standard InChI is InChI=1S/C22H21N3O2/c1-15-5-10-20(16(2)12-15)25-22(27)19-8-6-18(7-9-19)21(26)24-14-17-4-3-11-23-13-17/h3-13H,14H2,1-2H3,(H,24,26)(H,25,27). The monoisotopic (exact) mass is 359 g/mol. The number of aromatic nitrogens is 1. The number of aryl methyl sites for hydroxylation is 2. The van der Waals surface area contributed by atoms with Gasteiger partial charge in [-0.15, -0.1) is 0 Å². The molecule has 0 unspecified atom stereocenters. The summed E-state index contributed by atoms with van der Waals surface area (Å²) in [7, 11) is 0. The zero-order valence-corrected chi connectivity index (χ0v) is 15.3. The Morgan fingerprint density at radius 1 is 0.926 bits per heavy atom. The van der Waals surface area contributed by atoms with Crippen molar-refractivity contribution in [1.29, 1.82) is 0 Å². The Balaban J connectivity index is 1.62. The maximum atomic E-state index is 12.4. The van der Waals surface area contributed by atoms with Gasteiger partial charge in [0, 0.05) is 35.8 Å². The molecule has 0 radical (unpaired) electrons. The number of nitrogens with one attached hydrogen (secondary N) is 2. The number of amides is 2. The van der Waals surface area contributed by atoms with Crippen molar-refractivity contribution in [2.45, 2.75) is 20.4 Å². The molecule has 1 aromatic heterocycles. The summed E-state index contributed by atoms with van der Waals surface area (Å²) in [4.78, 5) is 28.7. The van der Waals surface area contributed by atoms with Gasteiger partial charge in [0.25, 0.3) is 11.8 Å². The summed E-state index contributed by atoms with van der Waals surface area (Å²) in [6.07, 6.45) is 3.40. The van der Waals surface area contributed by atoms with Crippen LogP contribution >= 0.6 is 0 Å². The summed E-state index contributed by atoms with van der Waals surface area (Å²) in [6, 6.07) is 16.2. The highest BCUT2D eigenvalue weighted by molar-refractivity contribution is 6.05. The van der Waals surface area contributed by atoms with Crippen molar-refractivity contribution in [3.05, 3.63) is 94.8 Å². The molecule has 27 heavy (non-hydrogen) atoms. The van der Waals surface area contributed by atoms with E-state index < -0.39 is 0 Å². The molecule has 0 bridgehead atoms. The fourth-order valence-electron chi connectivity index (χ4n) is 2.71. The van der Waals surface area contributed by atoms with Crippen molar-refractivity contribution < 1.29 is 9.59 Å². The van der Waals surface area contributed by atoms with E-state index in [-0.39, 0.29) is 11.8 Å². The zero-order valence-electron chi connectivity index (χ0n) is 15.3. The van der Waals surface area contributed by atoms with Crippen LogP contribution in [-0.2, 0) is 6.54 Å².